The molecule has 18 heavy (non-hydrogen) atoms. The molecule has 98 valence electrons. The summed E-state index contributed by atoms with van der Waals surface area (Å²) in [7, 11) is -1.28. The molecule has 1 unspecified atom stereocenters. The first kappa shape index (κ1) is 13.7. The van der Waals surface area contributed by atoms with Gasteiger partial charge in [-0.3, -0.25) is 9.00 Å². The van der Waals surface area contributed by atoms with E-state index in [1.54, 1.807) is 17.0 Å². The number of benzene rings is 1. The van der Waals surface area contributed by atoms with Gasteiger partial charge in [-0.05, 0) is 24.3 Å². The van der Waals surface area contributed by atoms with Crippen LogP contribution >= 0.6 is 15.9 Å². The Balaban J connectivity index is 1.94. The zero-order chi connectivity index (χ0) is 13.0. The first-order valence-corrected chi connectivity index (χ1v) is 7.77. The molecule has 1 atom stereocenters. The fourth-order valence-electron chi connectivity index (χ4n) is 1.69. The van der Waals surface area contributed by atoms with Crippen molar-refractivity contribution in [3.63, 3.8) is 0 Å². The summed E-state index contributed by atoms with van der Waals surface area (Å²) >= 11 is 3.32. The van der Waals surface area contributed by atoms with Gasteiger partial charge in [-0.25, -0.2) is 0 Å². The summed E-state index contributed by atoms with van der Waals surface area (Å²) in [5, 5.41) is 0. The SMILES string of the molecule is O=C(CS(=O)c1ccc(Br)cc1)N1CCOCC1. The molecule has 0 bridgehead atoms. The fraction of sp³-hybridized carbons (Fsp3) is 0.417. The number of hydrogen-bond acceptors (Lipinski definition) is 3. The number of hydrogen-bond donors (Lipinski definition) is 0. The molecule has 0 spiro atoms. The molecule has 1 heterocycles. The lowest BCUT2D eigenvalue weighted by molar-refractivity contribution is -0.132. The van der Waals surface area contributed by atoms with E-state index in [2.05, 4.69) is 15.9 Å². The van der Waals surface area contributed by atoms with Crippen LogP contribution in [0.25, 0.3) is 0 Å². The lowest BCUT2D eigenvalue weighted by Crippen LogP contribution is -2.42. The molecule has 1 aromatic rings. The standard InChI is InChI=1S/C12H14BrNO3S/c13-10-1-3-11(4-2-10)18(16)9-12(15)14-5-7-17-8-6-14/h1-4H,5-9H2. The van der Waals surface area contributed by atoms with Gasteiger partial charge in [0.15, 0.2) is 0 Å². The number of halogens is 1. The second kappa shape index (κ2) is 6.45. The maximum Gasteiger partial charge on any atom is 0.235 e. The predicted octanol–water partition coefficient (Wildman–Crippen LogP) is 1.42. The van der Waals surface area contributed by atoms with Gasteiger partial charge in [0.05, 0.1) is 24.0 Å². The van der Waals surface area contributed by atoms with Crippen molar-refractivity contribution < 1.29 is 13.7 Å². The average Bonchev–Trinajstić information content (AvgIpc) is 2.40. The lowest BCUT2D eigenvalue weighted by Gasteiger charge is -2.26. The van der Waals surface area contributed by atoms with Crippen LogP contribution in [0.2, 0.25) is 0 Å². The highest BCUT2D eigenvalue weighted by Crippen LogP contribution is 2.14. The van der Waals surface area contributed by atoms with Gasteiger partial charge >= 0.3 is 0 Å². The van der Waals surface area contributed by atoms with Crippen molar-refractivity contribution in [1.82, 2.24) is 4.90 Å². The number of rotatable bonds is 3. The third-order valence-electron chi connectivity index (χ3n) is 2.69. The van der Waals surface area contributed by atoms with Crippen LogP contribution in [0.4, 0.5) is 0 Å². The summed E-state index contributed by atoms with van der Waals surface area (Å²) in [6.45, 7) is 2.32. The monoisotopic (exact) mass is 331 g/mol. The molecule has 1 aromatic carbocycles. The van der Waals surface area contributed by atoms with E-state index in [0.29, 0.717) is 31.2 Å². The Hall–Kier alpha value is -0.720. The Morgan fingerprint density at radius 1 is 1.28 bits per heavy atom. The Morgan fingerprint density at radius 2 is 1.89 bits per heavy atom. The summed E-state index contributed by atoms with van der Waals surface area (Å²) in [6.07, 6.45) is 0. The van der Waals surface area contributed by atoms with Crippen molar-refractivity contribution in [2.75, 3.05) is 32.1 Å². The van der Waals surface area contributed by atoms with Crippen molar-refractivity contribution in [3.8, 4) is 0 Å². The normalized spacial score (nSPS) is 17.5. The van der Waals surface area contributed by atoms with Crippen LogP contribution in [0.15, 0.2) is 33.6 Å². The number of nitrogens with zero attached hydrogens (tertiary/aromatic N) is 1. The van der Waals surface area contributed by atoms with E-state index in [1.807, 2.05) is 12.1 Å². The van der Waals surface area contributed by atoms with Gasteiger partial charge in [-0.15, -0.1) is 0 Å². The van der Waals surface area contributed by atoms with Crippen LogP contribution in [0.3, 0.4) is 0 Å². The molecular weight excluding hydrogens is 318 g/mol. The van der Waals surface area contributed by atoms with Crippen molar-refractivity contribution in [2.45, 2.75) is 4.90 Å². The quantitative estimate of drug-likeness (QED) is 0.841. The maximum atomic E-state index is 12.0. The number of ether oxygens (including phenoxy) is 1. The summed E-state index contributed by atoms with van der Waals surface area (Å²) in [6, 6.07) is 7.19. The highest BCUT2D eigenvalue weighted by molar-refractivity contribution is 9.10. The molecule has 0 aromatic heterocycles. The van der Waals surface area contributed by atoms with E-state index >= 15 is 0 Å². The summed E-state index contributed by atoms with van der Waals surface area (Å²) < 4.78 is 18.1. The van der Waals surface area contributed by atoms with Crippen LogP contribution in [0.5, 0.6) is 0 Å². The molecule has 6 heteroatoms. The van der Waals surface area contributed by atoms with E-state index in [1.165, 1.54) is 0 Å². The number of carbonyl (C=O) groups excluding carboxylic acids is 1. The minimum absolute atomic E-state index is 0.0433. The maximum absolute atomic E-state index is 12.0. The van der Waals surface area contributed by atoms with Crippen LogP contribution in [-0.4, -0.2) is 47.1 Å². The smallest absolute Gasteiger partial charge is 0.235 e. The Kier molecular flexibility index (Phi) is 4.91. The second-order valence-corrected chi connectivity index (χ2v) is 6.30. The Bertz CT molecular complexity index is 443. The van der Waals surface area contributed by atoms with E-state index in [4.69, 9.17) is 4.74 Å². The zero-order valence-electron chi connectivity index (χ0n) is 9.80. The Morgan fingerprint density at radius 3 is 2.50 bits per heavy atom. The minimum atomic E-state index is -1.28. The highest BCUT2D eigenvalue weighted by atomic mass is 79.9. The van der Waals surface area contributed by atoms with E-state index in [9.17, 15) is 9.00 Å². The van der Waals surface area contributed by atoms with Gasteiger partial charge in [-0.2, -0.15) is 0 Å². The lowest BCUT2D eigenvalue weighted by atomic mass is 10.4. The third kappa shape index (κ3) is 3.63. The van der Waals surface area contributed by atoms with Crippen molar-refractivity contribution >= 4 is 32.6 Å². The second-order valence-electron chi connectivity index (χ2n) is 3.94. The van der Waals surface area contributed by atoms with Gasteiger partial charge in [0.2, 0.25) is 5.91 Å². The minimum Gasteiger partial charge on any atom is -0.378 e. The van der Waals surface area contributed by atoms with Crippen LogP contribution in [-0.2, 0) is 20.3 Å². The molecule has 1 saturated heterocycles. The van der Waals surface area contributed by atoms with E-state index in [-0.39, 0.29) is 11.7 Å². The molecule has 1 fully saturated rings. The molecular formula is C12H14BrNO3S. The molecule has 2 rings (SSSR count). The van der Waals surface area contributed by atoms with Crippen LogP contribution in [0.1, 0.15) is 0 Å². The van der Waals surface area contributed by atoms with Crippen molar-refractivity contribution in [2.24, 2.45) is 0 Å². The fourth-order valence-corrected chi connectivity index (χ4v) is 2.96. The van der Waals surface area contributed by atoms with Gasteiger partial charge in [0.25, 0.3) is 0 Å². The molecule has 1 aliphatic heterocycles. The van der Waals surface area contributed by atoms with Crippen LogP contribution < -0.4 is 0 Å². The van der Waals surface area contributed by atoms with Crippen molar-refractivity contribution in [3.05, 3.63) is 28.7 Å². The number of carbonyl (C=O) groups is 1. The van der Waals surface area contributed by atoms with E-state index < -0.39 is 10.8 Å². The molecule has 1 amide bonds. The topological polar surface area (TPSA) is 46.6 Å². The summed E-state index contributed by atoms with van der Waals surface area (Å²) in [4.78, 5) is 14.3. The van der Waals surface area contributed by atoms with Gasteiger partial charge in [-0.1, -0.05) is 15.9 Å². The number of amides is 1. The van der Waals surface area contributed by atoms with E-state index in [0.717, 1.165) is 4.47 Å². The summed E-state index contributed by atoms with van der Waals surface area (Å²) in [5.41, 5.74) is 0. The Labute approximate surface area is 117 Å². The zero-order valence-corrected chi connectivity index (χ0v) is 12.2. The molecule has 0 N–H and O–H groups in total. The number of morpholine rings is 1. The largest absolute Gasteiger partial charge is 0.378 e. The molecule has 0 saturated carbocycles. The van der Waals surface area contributed by atoms with Gasteiger partial charge in [0, 0.05) is 22.5 Å². The summed E-state index contributed by atoms with van der Waals surface area (Å²) in [5.74, 6) is -0.0266. The molecule has 0 radical (unpaired) electrons. The third-order valence-corrected chi connectivity index (χ3v) is 4.53. The molecule has 1 aliphatic rings. The van der Waals surface area contributed by atoms with Crippen LogP contribution in [0, 0.1) is 0 Å². The van der Waals surface area contributed by atoms with Crippen molar-refractivity contribution in [1.29, 1.82) is 0 Å². The van der Waals surface area contributed by atoms with Gasteiger partial charge in [0.1, 0.15) is 5.75 Å². The molecule has 4 nitrogen and oxygen atoms in total. The highest BCUT2D eigenvalue weighted by Gasteiger charge is 2.19. The molecule has 0 aliphatic carbocycles. The predicted molar refractivity (Wildman–Crippen MR) is 72.8 cm³/mol. The van der Waals surface area contributed by atoms with Gasteiger partial charge < -0.3 is 9.64 Å². The first-order valence-electron chi connectivity index (χ1n) is 5.66. The average molecular weight is 332 g/mol. The first-order chi connectivity index (χ1) is 8.66.